The largest absolute Gasteiger partial charge is 0.257 e. The molecule has 0 saturated heterocycles. The number of aryl methyl sites for hydroxylation is 1. The van der Waals surface area contributed by atoms with Crippen LogP contribution in [0.5, 0.6) is 0 Å². The number of nitrogens with one attached hydrogen (secondary N) is 1. The van der Waals surface area contributed by atoms with E-state index in [4.69, 9.17) is 0 Å². The normalized spacial score (nSPS) is 14.8. The number of imidazole rings is 1. The molecule has 0 bridgehead atoms. The third kappa shape index (κ3) is 3.68. The zero-order valence-corrected chi connectivity index (χ0v) is 15.6. The number of H-pyrrole nitrogens is 1. The van der Waals surface area contributed by atoms with Crippen LogP contribution in [-0.4, -0.2) is 4.98 Å². The molecule has 1 N–H and O–H groups in total. The second-order valence-corrected chi connectivity index (χ2v) is 7.21. The van der Waals surface area contributed by atoms with Crippen molar-refractivity contribution in [3.8, 4) is 0 Å². The molecule has 130 valence electrons. The highest BCUT2D eigenvalue weighted by molar-refractivity contribution is 5.32. The van der Waals surface area contributed by atoms with E-state index in [-0.39, 0.29) is 5.41 Å². The summed E-state index contributed by atoms with van der Waals surface area (Å²) in [4.78, 5) is 3.51. The fourth-order valence-corrected chi connectivity index (χ4v) is 3.83. The lowest BCUT2D eigenvalue weighted by Gasteiger charge is -2.34. The van der Waals surface area contributed by atoms with E-state index in [0.29, 0.717) is 5.92 Å². The summed E-state index contributed by atoms with van der Waals surface area (Å²) in [6.07, 6.45) is 6.39. The average molecular weight is 333 g/mol. The predicted octanol–water partition coefficient (Wildman–Crippen LogP) is 5.02. The monoisotopic (exact) mass is 333 g/mol. The Balaban J connectivity index is 2.03. The summed E-state index contributed by atoms with van der Waals surface area (Å²) >= 11 is 0. The molecule has 2 heteroatoms. The fourth-order valence-electron chi connectivity index (χ4n) is 3.83. The van der Waals surface area contributed by atoms with Crippen LogP contribution in [0, 0.1) is 0 Å². The van der Waals surface area contributed by atoms with Gasteiger partial charge < -0.3 is 0 Å². The van der Waals surface area contributed by atoms with Crippen LogP contribution in [0.3, 0.4) is 0 Å². The highest BCUT2D eigenvalue weighted by Crippen LogP contribution is 2.40. The van der Waals surface area contributed by atoms with Gasteiger partial charge in [-0.15, -0.1) is 0 Å². The van der Waals surface area contributed by atoms with Gasteiger partial charge >= 0.3 is 0 Å². The van der Waals surface area contributed by atoms with Gasteiger partial charge in [-0.05, 0) is 24.0 Å². The van der Waals surface area contributed by atoms with Gasteiger partial charge in [-0.2, -0.15) is 0 Å². The Morgan fingerprint density at radius 2 is 1.64 bits per heavy atom. The van der Waals surface area contributed by atoms with E-state index >= 15 is 0 Å². The van der Waals surface area contributed by atoms with Crippen LogP contribution in [-0.2, 0) is 18.4 Å². The summed E-state index contributed by atoms with van der Waals surface area (Å²) in [7, 11) is 0. The van der Waals surface area contributed by atoms with Crippen molar-refractivity contribution >= 4 is 0 Å². The lowest BCUT2D eigenvalue weighted by molar-refractivity contribution is -0.704. The predicted molar refractivity (Wildman–Crippen MR) is 104 cm³/mol. The minimum absolute atomic E-state index is 0.0168. The molecule has 3 rings (SSSR count). The van der Waals surface area contributed by atoms with Crippen molar-refractivity contribution in [3.63, 3.8) is 0 Å². The maximum Gasteiger partial charge on any atom is 0.257 e. The summed E-state index contributed by atoms with van der Waals surface area (Å²) in [6, 6.07) is 21.8. The van der Waals surface area contributed by atoms with Crippen LogP contribution in [0.2, 0.25) is 0 Å². The second kappa shape index (κ2) is 7.69. The molecule has 2 unspecified atom stereocenters. The topological polar surface area (TPSA) is 19.7 Å². The molecule has 0 amide bonds. The van der Waals surface area contributed by atoms with Crippen LogP contribution in [0.15, 0.2) is 73.1 Å². The highest BCUT2D eigenvalue weighted by Gasteiger charge is 2.39. The molecule has 0 aliphatic carbocycles. The highest BCUT2D eigenvalue weighted by atomic mass is 15.1. The van der Waals surface area contributed by atoms with Crippen molar-refractivity contribution in [2.45, 2.75) is 51.5 Å². The van der Waals surface area contributed by atoms with Gasteiger partial charge in [0.2, 0.25) is 0 Å². The van der Waals surface area contributed by atoms with E-state index in [2.05, 4.69) is 103 Å². The first kappa shape index (κ1) is 17.5. The molecular formula is C23H29N2+. The second-order valence-electron chi connectivity index (χ2n) is 7.21. The summed E-state index contributed by atoms with van der Waals surface area (Å²) < 4.78 is 2.37. The Kier molecular flexibility index (Phi) is 5.37. The van der Waals surface area contributed by atoms with Gasteiger partial charge in [-0.1, -0.05) is 81.4 Å². The molecular weight excluding hydrogens is 304 g/mol. The van der Waals surface area contributed by atoms with Gasteiger partial charge in [0.1, 0.15) is 12.4 Å². The first-order valence-electron chi connectivity index (χ1n) is 9.31. The van der Waals surface area contributed by atoms with Gasteiger partial charge in [0.25, 0.3) is 5.82 Å². The first-order valence-corrected chi connectivity index (χ1v) is 9.31. The molecule has 25 heavy (non-hydrogen) atoms. The number of nitrogens with zero attached hydrogens (tertiary/aromatic N) is 1. The number of hydrogen-bond acceptors (Lipinski definition) is 0. The molecule has 2 aromatic carbocycles. The first-order chi connectivity index (χ1) is 12.1. The average Bonchev–Trinajstić information content (AvgIpc) is 3.11. The molecule has 1 aromatic heterocycles. The van der Waals surface area contributed by atoms with Gasteiger partial charge in [-0.3, -0.25) is 0 Å². The Morgan fingerprint density at radius 3 is 2.28 bits per heavy atom. The van der Waals surface area contributed by atoms with E-state index in [9.17, 15) is 0 Å². The van der Waals surface area contributed by atoms with Crippen molar-refractivity contribution in [1.82, 2.24) is 4.98 Å². The molecule has 0 radical (unpaired) electrons. The van der Waals surface area contributed by atoms with Crippen LogP contribution in [0.1, 0.15) is 50.1 Å². The number of aromatic amines is 1. The molecule has 0 aliphatic rings. The van der Waals surface area contributed by atoms with Crippen molar-refractivity contribution in [1.29, 1.82) is 0 Å². The third-order valence-electron chi connectivity index (χ3n) is 5.47. The number of hydrogen-bond donors (Lipinski definition) is 1. The molecule has 2 atom stereocenters. The van der Waals surface area contributed by atoms with Crippen molar-refractivity contribution in [2.75, 3.05) is 0 Å². The van der Waals surface area contributed by atoms with Crippen LogP contribution in [0.25, 0.3) is 0 Å². The van der Waals surface area contributed by atoms with Gasteiger partial charge in [0, 0.05) is 5.41 Å². The third-order valence-corrected chi connectivity index (χ3v) is 5.47. The van der Waals surface area contributed by atoms with Crippen molar-refractivity contribution in [3.05, 3.63) is 90.0 Å². The Bertz CT molecular complexity index is 776. The summed E-state index contributed by atoms with van der Waals surface area (Å²) in [5.74, 6) is 1.68. The Hall–Kier alpha value is -2.35. The van der Waals surface area contributed by atoms with Gasteiger partial charge in [0.05, 0.1) is 12.5 Å². The quantitative estimate of drug-likeness (QED) is 0.586. The molecule has 3 aromatic rings. The zero-order chi connectivity index (χ0) is 17.7. The minimum Gasteiger partial charge on any atom is -0.247 e. The summed E-state index contributed by atoms with van der Waals surface area (Å²) in [6.45, 7) is 8.04. The minimum atomic E-state index is 0.0168. The van der Waals surface area contributed by atoms with E-state index < -0.39 is 0 Å². The van der Waals surface area contributed by atoms with Crippen LogP contribution in [0.4, 0.5) is 0 Å². The van der Waals surface area contributed by atoms with Crippen molar-refractivity contribution < 1.29 is 4.57 Å². The fraction of sp³-hybridized carbons (Fsp3) is 0.348. The summed E-state index contributed by atoms with van der Waals surface area (Å²) in [5.41, 5.74) is 2.79. The van der Waals surface area contributed by atoms with Crippen LogP contribution < -0.4 is 4.57 Å². The standard InChI is InChI=1S/C23H28N2/c1-4-16-25-17-15-24-22(25)19(2)23(3,21-13-9-6-10-14-21)18-20-11-7-5-8-12-20/h5-15,17,19H,4,16,18H2,1-3H3/p+1. The van der Waals surface area contributed by atoms with E-state index in [1.54, 1.807) is 0 Å². The number of aromatic nitrogens is 2. The van der Waals surface area contributed by atoms with E-state index in [0.717, 1.165) is 19.4 Å². The van der Waals surface area contributed by atoms with E-state index in [1.165, 1.54) is 17.0 Å². The smallest absolute Gasteiger partial charge is 0.247 e. The SMILES string of the molecule is CCC[n+]1cc[nH]c1C(C)C(C)(Cc1ccccc1)c1ccccc1. The maximum absolute atomic E-state index is 3.51. The lowest BCUT2D eigenvalue weighted by atomic mass is 9.68. The Morgan fingerprint density at radius 1 is 1.00 bits per heavy atom. The molecule has 2 nitrogen and oxygen atoms in total. The van der Waals surface area contributed by atoms with Gasteiger partial charge in [-0.25, -0.2) is 9.55 Å². The molecule has 0 spiro atoms. The van der Waals surface area contributed by atoms with Gasteiger partial charge in [0.15, 0.2) is 0 Å². The molecule has 0 fully saturated rings. The maximum atomic E-state index is 3.51. The Labute approximate surface area is 151 Å². The zero-order valence-electron chi connectivity index (χ0n) is 15.6. The molecule has 1 heterocycles. The number of benzene rings is 2. The molecule has 0 aliphatic heterocycles. The molecule has 0 saturated carbocycles. The number of rotatable bonds is 7. The van der Waals surface area contributed by atoms with Crippen molar-refractivity contribution in [2.24, 2.45) is 0 Å². The summed E-state index contributed by atoms with van der Waals surface area (Å²) in [5, 5.41) is 0. The lowest BCUT2D eigenvalue weighted by Crippen LogP contribution is -2.42. The van der Waals surface area contributed by atoms with Crippen LogP contribution >= 0.6 is 0 Å². The van der Waals surface area contributed by atoms with E-state index in [1.807, 2.05) is 0 Å².